The molecule has 0 fully saturated rings. The first-order valence-electron chi connectivity index (χ1n) is 4.32. The first kappa shape index (κ1) is 11.6. The minimum Gasteiger partial charge on any atom is -0.226 e. The maximum absolute atomic E-state index is 3.22. The third kappa shape index (κ3) is 2.53. The molecule has 0 spiro atoms. The molecule has 2 aromatic rings. The van der Waals surface area contributed by atoms with Gasteiger partial charge in [-0.15, -0.1) is 12.1 Å². The van der Waals surface area contributed by atoms with E-state index in [-0.39, 0.29) is 32.7 Å². The largest absolute Gasteiger partial charge is 0.226 e. The number of aryl methyl sites for hydroxylation is 1. The molecule has 0 aromatic heterocycles. The minimum absolute atomic E-state index is 0. The zero-order valence-corrected chi connectivity index (χ0v) is 11.0. The van der Waals surface area contributed by atoms with Gasteiger partial charge in [-0.25, -0.2) is 11.1 Å². The third-order valence-corrected chi connectivity index (χ3v) is 2.04. The van der Waals surface area contributed by atoms with Crippen molar-refractivity contribution in [2.75, 3.05) is 0 Å². The molecule has 0 saturated heterocycles. The van der Waals surface area contributed by atoms with E-state index in [0.29, 0.717) is 0 Å². The molecule has 0 bridgehead atoms. The monoisotopic (exact) mass is 255 g/mol. The van der Waals surface area contributed by atoms with Gasteiger partial charge < -0.3 is 0 Å². The van der Waals surface area contributed by atoms with Crippen LogP contribution in [-0.4, -0.2) is 0 Å². The molecule has 0 atom stereocenters. The average Bonchev–Trinajstić information content (AvgIpc) is 2.20. The molecule has 0 aliphatic heterocycles. The molecule has 0 aliphatic carbocycles. The van der Waals surface area contributed by atoms with Gasteiger partial charge in [0.05, 0.1) is 0 Å². The number of rotatable bonds is 1. The summed E-state index contributed by atoms with van der Waals surface area (Å²) >= 11 is 0. The van der Waals surface area contributed by atoms with Crippen molar-refractivity contribution in [1.29, 1.82) is 0 Å². The van der Waals surface area contributed by atoms with Gasteiger partial charge in [0.25, 0.3) is 0 Å². The Morgan fingerprint density at radius 3 is 2.36 bits per heavy atom. The Hall–Kier alpha value is -0.456. The van der Waals surface area contributed by atoms with Crippen molar-refractivity contribution in [3.05, 3.63) is 60.2 Å². The van der Waals surface area contributed by atoms with Crippen LogP contribution < -0.4 is 0 Å². The van der Waals surface area contributed by atoms with E-state index in [1.165, 1.54) is 5.56 Å². The fraction of sp³-hybridized carbons (Fsp3) is 0.0769. The second-order valence-corrected chi connectivity index (χ2v) is 3.00. The first-order chi connectivity index (χ1) is 6.38. The van der Waals surface area contributed by atoms with Gasteiger partial charge in [0.2, 0.25) is 0 Å². The molecule has 0 aliphatic rings. The molecule has 1 radical (unpaired) electrons. The van der Waals surface area contributed by atoms with Gasteiger partial charge in [0.15, 0.2) is 0 Å². The van der Waals surface area contributed by atoms with E-state index in [0.717, 1.165) is 11.1 Å². The molecule has 14 heavy (non-hydrogen) atoms. The van der Waals surface area contributed by atoms with Crippen molar-refractivity contribution in [3.63, 3.8) is 0 Å². The summed E-state index contributed by atoms with van der Waals surface area (Å²) in [5.74, 6) is 0. The zero-order valence-electron chi connectivity index (χ0n) is 8.12. The molecule has 0 amide bonds. The van der Waals surface area contributed by atoms with Crippen LogP contribution in [0.2, 0.25) is 0 Å². The second kappa shape index (κ2) is 5.43. The van der Waals surface area contributed by atoms with Crippen molar-refractivity contribution < 1.29 is 32.7 Å². The molecule has 1 heteroatoms. The molecule has 2 rings (SSSR count). The van der Waals surface area contributed by atoms with Gasteiger partial charge >= 0.3 is 0 Å². The minimum atomic E-state index is 0. The summed E-state index contributed by atoms with van der Waals surface area (Å²) in [6.07, 6.45) is 0. The molecule has 0 nitrogen and oxygen atoms in total. The predicted molar refractivity (Wildman–Crippen MR) is 54.3 cm³/mol. The zero-order chi connectivity index (χ0) is 9.10. The van der Waals surface area contributed by atoms with Crippen LogP contribution in [0.3, 0.4) is 0 Å². The van der Waals surface area contributed by atoms with Gasteiger partial charge in [0.1, 0.15) is 0 Å². The van der Waals surface area contributed by atoms with Crippen LogP contribution in [0.25, 0.3) is 11.1 Å². The van der Waals surface area contributed by atoms with Gasteiger partial charge in [0, 0.05) is 32.7 Å². The summed E-state index contributed by atoms with van der Waals surface area (Å²) in [5.41, 5.74) is 3.49. The number of hydrogen-bond acceptors (Lipinski definition) is 0. The maximum Gasteiger partial charge on any atom is 0 e. The summed E-state index contributed by atoms with van der Waals surface area (Å²) in [6.45, 7) is 2.09. The smallest absolute Gasteiger partial charge is 0 e. The molecule has 0 saturated carbocycles. The van der Waals surface area contributed by atoms with E-state index in [9.17, 15) is 0 Å². The Balaban J connectivity index is 0.000000980. The molecule has 2 aromatic carbocycles. The van der Waals surface area contributed by atoms with Crippen molar-refractivity contribution in [3.8, 4) is 11.1 Å². The van der Waals surface area contributed by atoms with Gasteiger partial charge in [-0.1, -0.05) is 6.92 Å². The first-order valence-corrected chi connectivity index (χ1v) is 4.32. The molecular weight excluding hydrogens is 245 g/mol. The second-order valence-electron chi connectivity index (χ2n) is 3.00. The molecule has 0 heterocycles. The van der Waals surface area contributed by atoms with Crippen molar-refractivity contribution in [2.45, 2.75) is 6.92 Å². The van der Waals surface area contributed by atoms with Crippen LogP contribution in [0, 0.1) is 19.1 Å². The fourth-order valence-corrected chi connectivity index (χ4v) is 1.36. The normalized spacial score (nSPS) is 9.21. The quantitative estimate of drug-likeness (QED) is 0.686. The van der Waals surface area contributed by atoms with Crippen LogP contribution in [0.5, 0.6) is 0 Å². The summed E-state index contributed by atoms with van der Waals surface area (Å²) in [6, 6.07) is 20.4. The van der Waals surface area contributed by atoms with E-state index in [4.69, 9.17) is 0 Å². The molecule has 67 valence electrons. The number of benzene rings is 2. The summed E-state index contributed by atoms with van der Waals surface area (Å²) in [7, 11) is 0. The van der Waals surface area contributed by atoms with E-state index >= 15 is 0 Å². The standard InChI is InChI=1S/C13H10.Y/c1-11-7-5-6-10-13(11)12-8-3-2-4-9-12;/h2-8H,1H3;/q-2;. The van der Waals surface area contributed by atoms with Gasteiger partial charge in [-0.2, -0.15) is 48.0 Å². The van der Waals surface area contributed by atoms with Crippen LogP contribution in [-0.2, 0) is 32.7 Å². The summed E-state index contributed by atoms with van der Waals surface area (Å²) in [4.78, 5) is 0. The number of hydrogen-bond donors (Lipinski definition) is 0. The van der Waals surface area contributed by atoms with E-state index in [1.54, 1.807) is 0 Å². The van der Waals surface area contributed by atoms with E-state index in [1.807, 2.05) is 30.3 Å². The van der Waals surface area contributed by atoms with Crippen LogP contribution in [0.1, 0.15) is 5.56 Å². The maximum atomic E-state index is 3.22. The third-order valence-electron chi connectivity index (χ3n) is 2.04. The van der Waals surface area contributed by atoms with E-state index in [2.05, 4.69) is 31.2 Å². The van der Waals surface area contributed by atoms with Crippen LogP contribution in [0.4, 0.5) is 0 Å². The van der Waals surface area contributed by atoms with Gasteiger partial charge in [-0.3, -0.25) is 0 Å². The van der Waals surface area contributed by atoms with Gasteiger partial charge in [-0.05, 0) is 0 Å². The Bertz CT molecular complexity index is 393. The molecule has 0 N–H and O–H groups in total. The Labute approximate surface area is 110 Å². The van der Waals surface area contributed by atoms with Crippen molar-refractivity contribution in [1.82, 2.24) is 0 Å². The van der Waals surface area contributed by atoms with Crippen molar-refractivity contribution >= 4 is 0 Å². The summed E-state index contributed by atoms with van der Waals surface area (Å²) < 4.78 is 0. The molecular formula is C13H10Y-2. The SMILES string of the molecule is Cc1ccc[c-]c1-c1[c-]cccc1.[Y]. The fourth-order valence-electron chi connectivity index (χ4n) is 1.36. The molecule has 0 unspecified atom stereocenters. The Morgan fingerprint density at radius 1 is 0.929 bits per heavy atom. The van der Waals surface area contributed by atoms with Crippen LogP contribution >= 0.6 is 0 Å². The van der Waals surface area contributed by atoms with E-state index < -0.39 is 0 Å². The summed E-state index contributed by atoms with van der Waals surface area (Å²) in [5, 5.41) is 0. The van der Waals surface area contributed by atoms with Crippen molar-refractivity contribution in [2.24, 2.45) is 0 Å². The topological polar surface area (TPSA) is 0 Å². The average molecular weight is 255 g/mol. The Kier molecular flexibility index (Phi) is 4.51. The van der Waals surface area contributed by atoms with Crippen LogP contribution in [0.15, 0.2) is 42.5 Å². The predicted octanol–water partition coefficient (Wildman–Crippen LogP) is 3.26. The Morgan fingerprint density at radius 2 is 1.71 bits per heavy atom.